The van der Waals surface area contributed by atoms with Crippen molar-refractivity contribution in [3.8, 4) is 0 Å². The van der Waals surface area contributed by atoms with E-state index in [1.165, 1.54) is 19.3 Å². The normalized spacial score (nSPS) is 40.8. The minimum atomic E-state index is -0.596. The Labute approximate surface area is 117 Å². The number of carbonyl (C=O) groups is 1. The van der Waals surface area contributed by atoms with Crippen molar-refractivity contribution in [3.05, 3.63) is 0 Å². The van der Waals surface area contributed by atoms with Crippen molar-refractivity contribution in [2.45, 2.75) is 59.4 Å². The number of nitrogens with zero attached hydrogens (tertiary/aromatic N) is 1. The van der Waals surface area contributed by atoms with Crippen LogP contribution in [-0.2, 0) is 4.79 Å². The highest BCUT2D eigenvalue weighted by Crippen LogP contribution is 2.42. The Morgan fingerprint density at radius 2 is 1.84 bits per heavy atom. The molecule has 1 N–H and O–H groups in total. The predicted molar refractivity (Wildman–Crippen MR) is 77.1 cm³/mol. The first-order chi connectivity index (χ1) is 8.88. The van der Waals surface area contributed by atoms with Gasteiger partial charge in [0.2, 0.25) is 0 Å². The van der Waals surface area contributed by atoms with Crippen LogP contribution in [0.15, 0.2) is 0 Å². The summed E-state index contributed by atoms with van der Waals surface area (Å²) in [6.45, 7) is 10.5. The zero-order valence-corrected chi connectivity index (χ0v) is 12.9. The van der Waals surface area contributed by atoms with E-state index in [1.54, 1.807) is 0 Å². The van der Waals surface area contributed by atoms with E-state index in [0.717, 1.165) is 19.5 Å². The largest absolute Gasteiger partial charge is 0.481 e. The fourth-order valence-electron chi connectivity index (χ4n) is 4.39. The van der Waals surface area contributed by atoms with Gasteiger partial charge in [0.05, 0.1) is 5.41 Å². The van der Waals surface area contributed by atoms with Crippen molar-refractivity contribution in [2.24, 2.45) is 23.2 Å². The second-order valence-corrected chi connectivity index (χ2v) is 7.21. The van der Waals surface area contributed by atoms with Gasteiger partial charge in [-0.1, -0.05) is 34.1 Å². The quantitative estimate of drug-likeness (QED) is 0.853. The van der Waals surface area contributed by atoms with Crippen LogP contribution in [0.25, 0.3) is 0 Å². The van der Waals surface area contributed by atoms with E-state index in [2.05, 4.69) is 32.6 Å². The molecule has 1 aliphatic heterocycles. The van der Waals surface area contributed by atoms with Crippen molar-refractivity contribution in [2.75, 3.05) is 13.1 Å². The molecule has 2 aliphatic rings. The van der Waals surface area contributed by atoms with Crippen molar-refractivity contribution < 1.29 is 9.90 Å². The number of carboxylic acid groups (broad SMARTS) is 1. The van der Waals surface area contributed by atoms with Crippen LogP contribution in [0.1, 0.15) is 53.4 Å². The number of hydrogen-bond acceptors (Lipinski definition) is 2. The predicted octanol–water partition coefficient (Wildman–Crippen LogP) is 3.24. The minimum absolute atomic E-state index is 0.212. The molecule has 0 spiro atoms. The summed E-state index contributed by atoms with van der Waals surface area (Å²) >= 11 is 0. The van der Waals surface area contributed by atoms with Gasteiger partial charge in [0.25, 0.3) is 0 Å². The monoisotopic (exact) mass is 267 g/mol. The van der Waals surface area contributed by atoms with Gasteiger partial charge >= 0.3 is 5.97 Å². The molecule has 0 aromatic carbocycles. The third-order valence-corrected chi connectivity index (χ3v) is 5.77. The lowest BCUT2D eigenvalue weighted by Gasteiger charge is -2.42. The van der Waals surface area contributed by atoms with Crippen LogP contribution in [0.5, 0.6) is 0 Å². The molecule has 0 aromatic heterocycles. The summed E-state index contributed by atoms with van der Waals surface area (Å²) in [6.07, 6.45) is 4.75. The first kappa shape index (κ1) is 14.8. The van der Waals surface area contributed by atoms with Crippen LogP contribution < -0.4 is 0 Å². The number of hydrogen-bond donors (Lipinski definition) is 1. The first-order valence-electron chi connectivity index (χ1n) is 7.86. The van der Waals surface area contributed by atoms with E-state index >= 15 is 0 Å². The summed E-state index contributed by atoms with van der Waals surface area (Å²) in [6, 6.07) is 0.591. The fourth-order valence-corrected chi connectivity index (χ4v) is 4.39. The average Bonchev–Trinajstić information content (AvgIpc) is 2.75. The SMILES string of the molecule is CC1CCCC(C)C1N1CCC(C(=O)O)(C(C)C)C1. The molecule has 0 bridgehead atoms. The Balaban J connectivity index is 2.14. The van der Waals surface area contributed by atoms with Crippen LogP contribution in [0.4, 0.5) is 0 Å². The maximum absolute atomic E-state index is 11.7. The molecule has 1 aliphatic carbocycles. The molecule has 110 valence electrons. The molecule has 19 heavy (non-hydrogen) atoms. The highest BCUT2D eigenvalue weighted by molar-refractivity contribution is 5.75. The summed E-state index contributed by atoms with van der Waals surface area (Å²) in [4.78, 5) is 14.2. The lowest BCUT2D eigenvalue weighted by atomic mass is 9.75. The molecule has 3 unspecified atom stereocenters. The summed E-state index contributed by atoms with van der Waals surface area (Å²) in [5.74, 6) is 1.03. The number of likely N-dealkylation sites (tertiary alicyclic amines) is 1. The van der Waals surface area contributed by atoms with Gasteiger partial charge in [0.1, 0.15) is 0 Å². The lowest BCUT2D eigenvalue weighted by molar-refractivity contribution is -0.151. The summed E-state index contributed by atoms with van der Waals surface area (Å²) in [5.41, 5.74) is -0.517. The summed E-state index contributed by atoms with van der Waals surface area (Å²) in [5, 5.41) is 9.66. The molecule has 0 amide bonds. The van der Waals surface area contributed by atoms with Gasteiger partial charge in [-0.3, -0.25) is 9.69 Å². The number of aliphatic carboxylic acids is 1. The van der Waals surface area contributed by atoms with Crippen LogP contribution in [0.2, 0.25) is 0 Å². The highest BCUT2D eigenvalue weighted by Gasteiger charge is 2.50. The van der Waals surface area contributed by atoms with E-state index in [1.807, 2.05) is 0 Å². The van der Waals surface area contributed by atoms with Crippen LogP contribution >= 0.6 is 0 Å². The van der Waals surface area contributed by atoms with Gasteiger partial charge in [-0.2, -0.15) is 0 Å². The van der Waals surface area contributed by atoms with Gasteiger partial charge in [-0.05, 0) is 43.6 Å². The van der Waals surface area contributed by atoms with Gasteiger partial charge in [-0.25, -0.2) is 0 Å². The average molecular weight is 267 g/mol. The Morgan fingerprint density at radius 3 is 2.26 bits per heavy atom. The Morgan fingerprint density at radius 1 is 1.26 bits per heavy atom. The lowest BCUT2D eigenvalue weighted by Crippen LogP contribution is -2.47. The van der Waals surface area contributed by atoms with Crippen molar-refractivity contribution >= 4 is 5.97 Å². The molecule has 0 aromatic rings. The highest BCUT2D eigenvalue weighted by atomic mass is 16.4. The minimum Gasteiger partial charge on any atom is -0.481 e. The summed E-state index contributed by atoms with van der Waals surface area (Å²) < 4.78 is 0. The molecular formula is C16H29NO2. The Hall–Kier alpha value is -0.570. The second kappa shape index (κ2) is 5.43. The van der Waals surface area contributed by atoms with E-state index in [-0.39, 0.29) is 5.92 Å². The zero-order chi connectivity index (χ0) is 14.2. The maximum atomic E-state index is 11.7. The van der Waals surface area contributed by atoms with E-state index in [9.17, 15) is 9.90 Å². The molecular weight excluding hydrogens is 238 g/mol. The maximum Gasteiger partial charge on any atom is 0.311 e. The van der Waals surface area contributed by atoms with Crippen molar-refractivity contribution in [1.29, 1.82) is 0 Å². The first-order valence-corrected chi connectivity index (χ1v) is 7.86. The van der Waals surface area contributed by atoms with Crippen LogP contribution in [0, 0.1) is 23.2 Å². The van der Waals surface area contributed by atoms with Gasteiger partial charge in [0.15, 0.2) is 0 Å². The molecule has 1 heterocycles. The number of carboxylic acids is 1. The van der Waals surface area contributed by atoms with E-state index in [4.69, 9.17) is 0 Å². The second-order valence-electron chi connectivity index (χ2n) is 7.21. The summed E-state index contributed by atoms with van der Waals surface area (Å²) in [7, 11) is 0. The Bertz CT molecular complexity index is 332. The Kier molecular flexibility index (Phi) is 4.24. The van der Waals surface area contributed by atoms with E-state index in [0.29, 0.717) is 17.9 Å². The molecule has 1 saturated carbocycles. The zero-order valence-electron chi connectivity index (χ0n) is 12.9. The standard InChI is InChI=1S/C16H29NO2/c1-11(2)16(15(18)19)8-9-17(10-16)14-12(3)6-5-7-13(14)4/h11-14H,5-10H2,1-4H3,(H,18,19). The van der Waals surface area contributed by atoms with Gasteiger partial charge in [-0.15, -0.1) is 0 Å². The molecule has 3 atom stereocenters. The smallest absolute Gasteiger partial charge is 0.311 e. The van der Waals surface area contributed by atoms with Gasteiger partial charge in [0, 0.05) is 12.6 Å². The van der Waals surface area contributed by atoms with Crippen molar-refractivity contribution in [1.82, 2.24) is 4.90 Å². The van der Waals surface area contributed by atoms with Crippen LogP contribution in [-0.4, -0.2) is 35.1 Å². The van der Waals surface area contributed by atoms with Crippen molar-refractivity contribution in [3.63, 3.8) is 0 Å². The van der Waals surface area contributed by atoms with Crippen LogP contribution in [0.3, 0.4) is 0 Å². The molecule has 3 heteroatoms. The topological polar surface area (TPSA) is 40.5 Å². The van der Waals surface area contributed by atoms with Gasteiger partial charge < -0.3 is 5.11 Å². The molecule has 2 rings (SSSR count). The van der Waals surface area contributed by atoms with E-state index < -0.39 is 11.4 Å². The molecule has 2 fully saturated rings. The molecule has 0 radical (unpaired) electrons. The third kappa shape index (κ3) is 2.54. The molecule has 1 saturated heterocycles. The third-order valence-electron chi connectivity index (χ3n) is 5.77. The number of rotatable bonds is 3. The fraction of sp³-hybridized carbons (Fsp3) is 0.938. The molecule has 3 nitrogen and oxygen atoms in total.